The van der Waals surface area contributed by atoms with Crippen molar-refractivity contribution in [2.24, 2.45) is 0 Å². The van der Waals surface area contributed by atoms with Crippen LogP contribution in [0.1, 0.15) is 0 Å². The molecule has 13 heteroatoms. The fourth-order valence-electron chi connectivity index (χ4n) is 0.577. The molecule has 0 atom stereocenters. The molecule has 0 aliphatic heterocycles. The number of carbonyl (C=O) groups is 2. The summed E-state index contributed by atoms with van der Waals surface area (Å²) in [5, 5.41) is 29.2. The van der Waals surface area contributed by atoms with E-state index in [1.54, 1.807) is 0 Å². The van der Waals surface area contributed by atoms with E-state index in [0.29, 0.717) is 0 Å². The van der Waals surface area contributed by atoms with Crippen molar-refractivity contribution < 1.29 is 29.1 Å². The van der Waals surface area contributed by atoms with E-state index in [0.717, 1.165) is 0 Å². The first-order valence-corrected chi connectivity index (χ1v) is 3.84. The third kappa shape index (κ3) is 2.81. The van der Waals surface area contributed by atoms with Gasteiger partial charge in [0.1, 0.15) is 0 Å². The van der Waals surface area contributed by atoms with Crippen LogP contribution in [0.4, 0.5) is 0 Å². The van der Waals surface area contributed by atoms with Crippen molar-refractivity contribution >= 4 is 22.8 Å². The van der Waals surface area contributed by atoms with E-state index in [-0.39, 0.29) is 0 Å². The lowest BCUT2D eigenvalue weighted by Gasteiger charge is -2.08. The Bertz CT molecular complexity index is 369. The molecule has 0 saturated carbocycles. The minimum Gasteiger partial charge on any atom is -0.434 e. The average Bonchev–Trinajstić information content (AvgIpc) is 2.16. The first kappa shape index (κ1) is 14.6. The van der Waals surface area contributed by atoms with Crippen LogP contribution < -0.4 is 0 Å². The summed E-state index contributed by atoms with van der Waals surface area (Å²) in [6.45, 7) is -1.86. The van der Waals surface area contributed by atoms with Crippen molar-refractivity contribution in [3.63, 3.8) is 0 Å². The topological polar surface area (TPSA) is 173 Å². The van der Waals surface area contributed by atoms with Crippen molar-refractivity contribution in [1.29, 1.82) is 0 Å². The lowest BCUT2D eigenvalue weighted by atomic mass is 10.4. The van der Waals surface area contributed by atoms with Crippen molar-refractivity contribution in [3.05, 3.63) is 30.3 Å². The van der Waals surface area contributed by atoms with Crippen LogP contribution in [-0.2, 0) is 14.3 Å². The molecule has 0 aromatic carbocycles. The van der Waals surface area contributed by atoms with Gasteiger partial charge in [-0.05, 0) is 11.6 Å². The van der Waals surface area contributed by atoms with Gasteiger partial charge in [-0.1, -0.05) is 0 Å². The molecule has 0 radical (unpaired) electrons. The summed E-state index contributed by atoms with van der Waals surface area (Å²) in [5.41, 5.74) is 0. The number of ether oxygens (including phenoxy) is 1. The van der Waals surface area contributed by atoms with Gasteiger partial charge in [0.25, 0.3) is 0 Å². The molecular weight excluding hydrogens is 270 g/mol. The normalized spacial score (nSPS) is 10.4. The Morgan fingerprint density at radius 1 is 1.06 bits per heavy atom. The molecule has 0 N–H and O–H groups in total. The number of hydrogen-bond acceptors (Lipinski definition) is 9. The highest BCUT2D eigenvalue weighted by Crippen LogP contribution is 2.13. The molecule has 0 saturated heterocycles. The number of rotatable bonds is 6. The van der Waals surface area contributed by atoms with Gasteiger partial charge < -0.3 is 4.74 Å². The molecule has 0 unspecified atom stereocenters. The molecule has 0 aromatic rings. The van der Waals surface area contributed by atoms with Gasteiger partial charge in [0.15, 0.2) is 14.8 Å². The standard InChI is InChI=1S/C4H2ClN3O9/c5-2(9)3(10)17-1-4(6(11)12,7(13)14)8(15)16/h1H2. The largest absolute Gasteiger partial charge is 0.734 e. The van der Waals surface area contributed by atoms with E-state index in [4.69, 9.17) is 0 Å². The number of nitrogens with zero attached hydrogens (tertiary/aromatic N) is 3. The Morgan fingerprint density at radius 2 is 1.41 bits per heavy atom. The third-order valence-electron chi connectivity index (χ3n) is 1.43. The Hall–Kier alpha value is -2.37. The second-order valence-corrected chi connectivity index (χ2v) is 2.74. The fourth-order valence-corrected chi connectivity index (χ4v) is 0.632. The molecule has 0 bridgehead atoms. The number of hydrogen-bond donors (Lipinski definition) is 0. The van der Waals surface area contributed by atoms with Crippen molar-refractivity contribution in [1.82, 2.24) is 0 Å². The zero-order chi connectivity index (χ0) is 13.8. The van der Waals surface area contributed by atoms with Gasteiger partial charge in [-0.3, -0.25) is 35.1 Å². The molecular formula is C4H2ClN3O9. The molecule has 0 rings (SSSR count). The van der Waals surface area contributed by atoms with Crippen LogP contribution in [0, 0.1) is 30.3 Å². The summed E-state index contributed by atoms with van der Waals surface area (Å²) in [6.07, 6.45) is 0. The highest BCUT2D eigenvalue weighted by molar-refractivity contribution is 6.80. The molecule has 94 valence electrons. The predicted molar refractivity (Wildman–Crippen MR) is 45.5 cm³/mol. The van der Waals surface area contributed by atoms with Gasteiger partial charge in [0, 0.05) is 0 Å². The number of carbonyl (C=O) groups excluding carboxylic acids is 2. The summed E-state index contributed by atoms with van der Waals surface area (Å²) in [5.74, 6) is -5.84. The Balaban J connectivity index is 5.15. The van der Waals surface area contributed by atoms with E-state index >= 15 is 0 Å². The van der Waals surface area contributed by atoms with Gasteiger partial charge in [0.05, 0.1) is 0 Å². The predicted octanol–water partition coefficient (Wildman–Crippen LogP) is -1.22. The molecule has 17 heavy (non-hydrogen) atoms. The monoisotopic (exact) mass is 271 g/mol. The quantitative estimate of drug-likeness (QED) is 0.143. The Morgan fingerprint density at radius 3 is 1.65 bits per heavy atom. The molecule has 0 amide bonds. The van der Waals surface area contributed by atoms with Gasteiger partial charge in [-0.2, -0.15) is 0 Å². The third-order valence-corrected chi connectivity index (χ3v) is 1.59. The van der Waals surface area contributed by atoms with Crippen molar-refractivity contribution in [2.45, 2.75) is 5.79 Å². The molecule has 0 aromatic heterocycles. The lowest BCUT2D eigenvalue weighted by Crippen LogP contribution is -2.57. The molecule has 0 spiro atoms. The van der Waals surface area contributed by atoms with Crippen molar-refractivity contribution in [3.8, 4) is 0 Å². The van der Waals surface area contributed by atoms with Gasteiger partial charge in [0.2, 0.25) is 0 Å². The van der Waals surface area contributed by atoms with Crippen LogP contribution in [0.5, 0.6) is 0 Å². The summed E-state index contributed by atoms with van der Waals surface area (Å²) >= 11 is 4.57. The van der Waals surface area contributed by atoms with Gasteiger partial charge in [-0.15, -0.1) is 0 Å². The van der Waals surface area contributed by atoms with E-state index in [1.165, 1.54) is 0 Å². The number of esters is 1. The Labute approximate surface area is 95.5 Å². The van der Waals surface area contributed by atoms with Crippen LogP contribution in [0.25, 0.3) is 0 Å². The summed E-state index contributed by atoms with van der Waals surface area (Å²) in [6, 6.07) is 0. The van der Waals surface area contributed by atoms with Crippen LogP contribution in [0.3, 0.4) is 0 Å². The van der Waals surface area contributed by atoms with E-state index in [9.17, 15) is 39.9 Å². The summed E-state index contributed by atoms with van der Waals surface area (Å²) in [4.78, 5) is 46.0. The first-order chi connectivity index (χ1) is 7.66. The maximum absolute atomic E-state index is 10.5. The van der Waals surface area contributed by atoms with E-state index in [2.05, 4.69) is 16.3 Å². The maximum Gasteiger partial charge on any atom is 0.734 e. The molecule has 0 heterocycles. The van der Waals surface area contributed by atoms with Gasteiger partial charge in [-0.25, -0.2) is 4.79 Å². The second-order valence-electron chi connectivity index (χ2n) is 2.40. The molecule has 0 fully saturated rings. The van der Waals surface area contributed by atoms with E-state index in [1.807, 2.05) is 0 Å². The maximum atomic E-state index is 10.5. The molecule has 0 aliphatic carbocycles. The minimum atomic E-state index is -3.97. The second kappa shape index (κ2) is 5.11. The van der Waals surface area contributed by atoms with Gasteiger partial charge >= 0.3 is 23.6 Å². The number of nitro groups is 3. The van der Waals surface area contributed by atoms with Crippen molar-refractivity contribution in [2.75, 3.05) is 6.61 Å². The van der Waals surface area contributed by atoms with E-state index < -0.39 is 38.4 Å². The summed E-state index contributed by atoms with van der Waals surface area (Å²) < 4.78 is 3.71. The van der Waals surface area contributed by atoms with Crippen LogP contribution >= 0.6 is 11.6 Å². The number of halogens is 1. The average molecular weight is 272 g/mol. The minimum absolute atomic E-state index is 1.73. The molecule has 12 nitrogen and oxygen atoms in total. The smallest absolute Gasteiger partial charge is 0.434 e. The zero-order valence-electron chi connectivity index (χ0n) is 7.60. The van der Waals surface area contributed by atoms with Crippen LogP contribution in [0.2, 0.25) is 0 Å². The summed E-state index contributed by atoms with van der Waals surface area (Å²) in [7, 11) is 0. The highest BCUT2D eigenvalue weighted by Gasteiger charge is 2.72. The molecule has 0 aliphatic rings. The SMILES string of the molecule is O=C(Cl)C(=O)OCC([N+](=O)[O-])([N+](=O)[O-])[N+](=O)[O-]. The van der Waals surface area contributed by atoms with Crippen LogP contribution in [0.15, 0.2) is 0 Å². The zero-order valence-corrected chi connectivity index (χ0v) is 8.36. The lowest BCUT2D eigenvalue weighted by molar-refractivity contribution is -0.970. The first-order valence-electron chi connectivity index (χ1n) is 3.46. The highest BCUT2D eigenvalue weighted by atomic mass is 35.5. The van der Waals surface area contributed by atoms with Crippen LogP contribution in [-0.4, -0.2) is 38.4 Å². The fraction of sp³-hybridized carbons (Fsp3) is 0.500. The Kier molecular flexibility index (Phi) is 4.40.